The molecule has 40 heavy (non-hydrogen) atoms. The lowest BCUT2D eigenvalue weighted by Crippen LogP contribution is -2.39. The summed E-state index contributed by atoms with van der Waals surface area (Å²) in [5.41, 5.74) is -0.0934. The first kappa shape index (κ1) is 32.7. The van der Waals surface area contributed by atoms with Crippen LogP contribution in [0, 0.1) is 0 Å². The number of carboxylic acid groups (broad SMARTS) is 1. The van der Waals surface area contributed by atoms with Crippen molar-refractivity contribution in [3.63, 3.8) is 0 Å². The zero-order valence-electron chi connectivity index (χ0n) is 21.6. The Hall–Kier alpha value is -3.52. The van der Waals surface area contributed by atoms with E-state index in [2.05, 4.69) is 10.1 Å². The fourth-order valence-corrected chi connectivity index (χ4v) is 3.43. The molecule has 0 aliphatic heterocycles. The third kappa shape index (κ3) is 12.1. The standard InChI is InChI=1S/C26H30F6N2O6/c1-2-39-22(23(35)36)16-18-4-10-21(11-5-18)40-15-13-34(12-3-14-38-17-25(27,28)29)24(37)33-20-8-6-19(7-9-20)26(30,31)32/h4-11,22H,2-3,12-17H2,1H3,(H,33,37)(H,35,36). The van der Waals surface area contributed by atoms with E-state index in [1.165, 1.54) is 4.90 Å². The number of urea groups is 1. The first-order chi connectivity index (χ1) is 18.8. The molecule has 0 aliphatic carbocycles. The summed E-state index contributed by atoms with van der Waals surface area (Å²) in [6, 6.07) is 9.65. The van der Waals surface area contributed by atoms with E-state index in [9.17, 15) is 41.0 Å². The maximum absolute atomic E-state index is 12.8. The van der Waals surface area contributed by atoms with Gasteiger partial charge in [0.25, 0.3) is 0 Å². The van der Waals surface area contributed by atoms with E-state index in [1.54, 1.807) is 31.2 Å². The normalized spacial score (nSPS) is 12.6. The Morgan fingerprint density at radius 1 is 0.950 bits per heavy atom. The smallest absolute Gasteiger partial charge is 0.416 e. The number of carboxylic acids is 1. The van der Waals surface area contributed by atoms with Crippen molar-refractivity contribution in [3.8, 4) is 5.75 Å². The minimum Gasteiger partial charge on any atom is -0.492 e. The molecule has 0 fully saturated rings. The molecule has 0 aliphatic rings. The van der Waals surface area contributed by atoms with Crippen LogP contribution in [-0.4, -0.2) is 73.8 Å². The molecule has 0 heterocycles. The molecule has 222 valence electrons. The Bertz CT molecular complexity index is 1060. The highest BCUT2D eigenvalue weighted by molar-refractivity contribution is 5.89. The van der Waals surface area contributed by atoms with Gasteiger partial charge in [-0.15, -0.1) is 0 Å². The first-order valence-corrected chi connectivity index (χ1v) is 12.2. The average Bonchev–Trinajstić information content (AvgIpc) is 2.87. The van der Waals surface area contributed by atoms with Gasteiger partial charge >= 0.3 is 24.4 Å². The van der Waals surface area contributed by atoms with Crippen LogP contribution in [0.2, 0.25) is 0 Å². The molecule has 0 bridgehead atoms. The van der Waals surface area contributed by atoms with E-state index in [0.717, 1.165) is 24.3 Å². The van der Waals surface area contributed by atoms with Gasteiger partial charge < -0.3 is 29.5 Å². The largest absolute Gasteiger partial charge is 0.492 e. The van der Waals surface area contributed by atoms with Gasteiger partial charge in [0.15, 0.2) is 6.10 Å². The number of carbonyl (C=O) groups is 2. The number of rotatable bonds is 15. The highest BCUT2D eigenvalue weighted by Gasteiger charge is 2.30. The van der Waals surface area contributed by atoms with E-state index >= 15 is 0 Å². The number of amides is 2. The first-order valence-electron chi connectivity index (χ1n) is 12.2. The van der Waals surface area contributed by atoms with Gasteiger partial charge in [-0.2, -0.15) is 26.3 Å². The number of aliphatic carboxylic acids is 1. The van der Waals surface area contributed by atoms with Gasteiger partial charge in [0.1, 0.15) is 19.0 Å². The highest BCUT2D eigenvalue weighted by atomic mass is 19.4. The summed E-state index contributed by atoms with van der Waals surface area (Å²) in [5, 5.41) is 11.7. The van der Waals surface area contributed by atoms with Crippen molar-refractivity contribution in [1.82, 2.24) is 4.90 Å². The zero-order valence-corrected chi connectivity index (χ0v) is 21.6. The Kier molecular flexibility index (Phi) is 12.5. The molecule has 2 N–H and O–H groups in total. The van der Waals surface area contributed by atoms with Crippen LogP contribution in [0.4, 0.5) is 36.8 Å². The van der Waals surface area contributed by atoms with Gasteiger partial charge in [-0.1, -0.05) is 12.1 Å². The Balaban J connectivity index is 1.96. The van der Waals surface area contributed by atoms with Crippen molar-refractivity contribution >= 4 is 17.7 Å². The number of carbonyl (C=O) groups excluding carboxylic acids is 1. The molecule has 0 saturated carbocycles. The van der Waals surface area contributed by atoms with Gasteiger partial charge in [0.05, 0.1) is 12.1 Å². The fraction of sp³-hybridized carbons (Fsp3) is 0.462. The molecule has 0 aromatic heterocycles. The molecule has 2 amide bonds. The lowest BCUT2D eigenvalue weighted by Gasteiger charge is -2.23. The Labute approximate surface area is 226 Å². The van der Waals surface area contributed by atoms with Crippen LogP contribution in [-0.2, 0) is 26.9 Å². The Morgan fingerprint density at radius 2 is 1.60 bits per heavy atom. The van der Waals surface area contributed by atoms with Gasteiger partial charge in [-0.3, -0.25) is 0 Å². The van der Waals surface area contributed by atoms with E-state index < -0.39 is 42.6 Å². The molecule has 2 rings (SSSR count). The molecule has 0 saturated heterocycles. The van der Waals surface area contributed by atoms with Gasteiger partial charge in [-0.25, -0.2) is 9.59 Å². The molecular formula is C26H30F6N2O6. The number of nitrogens with zero attached hydrogens (tertiary/aromatic N) is 1. The van der Waals surface area contributed by atoms with E-state index in [1.807, 2.05) is 0 Å². The fourth-order valence-electron chi connectivity index (χ4n) is 3.43. The van der Waals surface area contributed by atoms with E-state index in [0.29, 0.717) is 11.3 Å². The quantitative estimate of drug-likeness (QED) is 0.210. The van der Waals surface area contributed by atoms with Crippen LogP contribution in [0.3, 0.4) is 0 Å². The lowest BCUT2D eigenvalue weighted by atomic mass is 10.1. The van der Waals surface area contributed by atoms with Gasteiger partial charge in [0.2, 0.25) is 0 Å². The summed E-state index contributed by atoms with van der Waals surface area (Å²) >= 11 is 0. The summed E-state index contributed by atoms with van der Waals surface area (Å²) in [7, 11) is 0. The summed E-state index contributed by atoms with van der Waals surface area (Å²) in [5.74, 6) is -0.663. The molecule has 2 aromatic carbocycles. The van der Waals surface area contributed by atoms with Crippen LogP contribution in [0.15, 0.2) is 48.5 Å². The van der Waals surface area contributed by atoms with Crippen LogP contribution in [0.5, 0.6) is 5.75 Å². The third-order valence-electron chi connectivity index (χ3n) is 5.35. The zero-order chi connectivity index (χ0) is 29.8. The second-order valence-corrected chi connectivity index (χ2v) is 8.49. The summed E-state index contributed by atoms with van der Waals surface area (Å²) in [6.45, 7) is 0.205. The summed E-state index contributed by atoms with van der Waals surface area (Å²) < 4.78 is 90.6. The summed E-state index contributed by atoms with van der Waals surface area (Å²) in [6.07, 6.45) is -9.80. The molecule has 8 nitrogen and oxygen atoms in total. The molecule has 2 aromatic rings. The molecular weight excluding hydrogens is 550 g/mol. The predicted molar refractivity (Wildman–Crippen MR) is 132 cm³/mol. The monoisotopic (exact) mass is 580 g/mol. The van der Waals surface area contributed by atoms with E-state index in [4.69, 9.17) is 9.47 Å². The number of anilines is 1. The number of hydrogen-bond donors (Lipinski definition) is 2. The predicted octanol–water partition coefficient (Wildman–Crippen LogP) is 5.62. The number of ether oxygens (including phenoxy) is 3. The molecule has 1 unspecified atom stereocenters. The van der Waals surface area contributed by atoms with Crippen molar-refractivity contribution in [2.24, 2.45) is 0 Å². The van der Waals surface area contributed by atoms with Crippen molar-refractivity contribution in [1.29, 1.82) is 0 Å². The molecule has 14 heteroatoms. The minimum absolute atomic E-state index is 0.00107. The van der Waals surface area contributed by atoms with Crippen LogP contribution in [0.25, 0.3) is 0 Å². The van der Waals surface area contributed by atoms with Crippen molar-refractivity contribution in [2.75, 3.05) is 44.8 Å². The second-order valence-electron chi connectivity index (χ2n) is 8.49. The van der Waals surface area contributed by atoms with Crippen molar-refractivity contribution in [3.05, 3.63) is 59.7 Å². The second kappa shape index (κ2) is 15.3. The highest BCUT2D eigenvalue weighted by Crippen LogP contribution is 2.29. The number of nitrogens with one attached hydrogen (secondary N) is 1. The van der Waals surface area contributed by atoms with Crippen LogP contribution < -0.4 is 10.1 Å². The van der Waals surface area contributed by atoms with Crippen molar-refractivity contribution in [2.45, 2.75) is 38.2 Å². The summed E-state index contributed by atoms with van der Waals surface area (Å²) in [4.78, 5) is 25.3. The van der Waals surface area contributed by atoms with E-state index in [-0.39, 0.29) is 51.4 Å². The maximum atomic E-state index is 12.8. The Morgan fingerprint density at radius 3 is 2.15 bits per heavy atom. The van der Waals surface area contributed by atoms with Gasteiger partial charge in [-0.05, 0) is 55.3 Å². The number of alkyl halides is 6. The van der Waals surface area contributed by atoms with Crippen LogP contribution in [0.1, 0.15) is 24.5 Å². The molecule has 0 spiro atoms. The van der Waals surface area contributed by atoms with Gasteiger partial charge in [0, 0.05) is 31.9 Å². The third-order valence-corrected chi connectivity index (χ3v) is 5.35. The van der Waals surface area contributed by atoms with Crippen LogP contribution >= 0.6 is 0 Å². The molecule has 0 radical (unpaired) electrons. The maximum Gasteiger partial charge on any atom is 0.416 e. The minimum atomic E-state index is -4.54. The number of hydrogen-bond acceptors (Lipinski definition) is 5. The number of halogens is 6. The van der Waals surface area contributed by atoms with Crippen molar-refractivity contribution < 1.29 is 55.2 Å². The average molecular weight is 581 g/mol. The number of benzene rings is 2. The molecule has 1 atom stereocenters. The topological polar surface area (TPSA) is 97.3 Å². The SMILES string of the molecule is CCOC(Cc1ccc(OCCN(CCCOCC(F)(F)F)C(=O)Nc2ccc(C(F)(F)F)cc2)cc1)C(=O)O. The lowest BCUT2D eigenvalue weighted by molar-refractivity contribution is -0.174.